The van der Waals surface area contributed by atoms with Crippen LogP contribution in [0.15, 0.2) is 29.3 Å². The Morgan fingerprint density at radius 1 is 1.24 bits per heavy atom. The van der Waals surface area contributed by atoms with E-state index in [1.54, 1.807) is 6.07 Å². The quantitative estimate of drug-likeness (QED) is 0.655. The number of hydrogen-bond acceptors (Lipinski definition) is 3. The molecule has 2 rings (SSSR count). The van der Waals surface area contributed by atoms with Gasteiger partial charge in [-0.1, -0.05) is 12.1 Å². The number of hydrogen-bond donors (Lipinski definition) is 0. The van der Waals surface area contributed by atoms with E-state index in [0.717, 1.165) is 0 Å². The maximum atomic E-state index is 12.0. The molecule has 0 unspecified atom stereocenters. The predicted molar refractivity (Wildman–Crippen MR) is 47.8 cm³/mol. The third kappa shape index (κ3) is 2.03. The molecule has 0 bridgehead atoms. The van der Waals surface area contributed by atoms with Crippen molar-refractivity contribution >= 4 is 17.6 Å². The lowest BCUT2D eigenvalue weighted by atomic mass is 10.3. The largest absolute Gasteiger partial charge is 0.491 e. The van der Waals surface area contributed by atoms with Gasteiger partial charge < -0.3 is 4.74 Å². The van der Waals surface area contributed by atoms with Crippen molar-refractivity contribution < 1.29 is 27.5 Å². The van der Waals surface area contributed by atoms with E-state index in [9.17, 15) is 22.8 Å². The normalized spacial score (nSPS) is 14.3. The number of nitrogens with zero attached hydrogens (tertiary/aromatic N) is 1. The van der Waals surface area contributed by atoms with Gasteiger partial charge >= 0.3 is 18.1 Å². The highest BCUT2D eigenvalue weighted by Gasteiger charge is 2.42. The van der Waals surface area contributed by atoms with Gasteiger partial charge in [-0.2, -0.15) is 13.2 Å². The number of benzene rings is 1. The summed E-state index contributed by atoms with van der Waals surface area (Å²) in [5, 5.41) is 0.262. The highest BCUT2D eigenvalue weighted by Crippen LogP contribution is 2.19. The summed E-state index contributed by atoms with van der Waals surface area (Å²) < 4.78 is 40.0. The molecule has 0 saturated heterocycles. The van der Waals surface area contributed by atoms with E-state index in [2.05, 4.69) is 9.73 Å². The monoisotopic (exact) mass is 243 g/mol. The standard InChI is InChI=1S/C10H4F3NO3/c11-10(12,13)9(16)17-7-5-3-1-2-4-6(5)14-8(7)15/h1-4H. The maximum Gasteiger partial charge on any atom is 0.491 e. The maximum absolute atomic E-state index is 12.0. The van der Waals surface area contributed by atoms with Crippen LogP contribution < -0.4 is 10.6 Å². The smallest absolute Gasteiger partial charge is 0.413 e. The second-order valence-corrected chi connectivity index (χ2v) is 3.15. The van der Waals surface area contributed by atoms with Crippen LogP contribution in [0, 0.1) is 0 Å². The Morgan fingerprint density at radius 2 is 1.88 bits per heavy atom. The van der Waals surface area contributed by atoms with Crippen LogP contribution in [-0.2, 0) is 14.3 Å². The number of para-hydroxylation sites is 1. The van der Waals surface area contributed by atoms with Crippen LogP contribution in [0.1, 0.15) is 0 Å². The average Bonchev–Trinajstić information content (AvgIpc) is 2.54. The summed E-state index contributed by atoms with van der Waals surface area (Å²) in [7, 11) is 0. The number of fused-ring (bicyclic) bond motifs is 1. The number of ether oxygens (including phenoxy) is 1. The van der Waals surface area contributed by atoms with Gasteiger partial charge in [0.05, 0.1) is 5.36 Å². The van der Waals surface area contributed by atoms with Crippen molar-refractivity contribution in [3.05, 3.63) is 34.8 Å². The second kappa shape index (κ2) is 3.69. The zero-order valence-corrected chi connectivity index (χ0v) is 8.12. The molecule has 1 aromatic rings. The molecular weight excluding hydrogens is 239 g/mol. The van der Waals surface area contributed by atoms with E-state index in [1.807, 2.05) is 0 Å². The Hall–Kier alpha value is -2.18. The zero-order valence-electron chi connectivity index (χ0n) is 8.12. The van der Waals surface area contributed by atoms with Crippen molar-refractivity contribution in [3.8, 4) is 0 Å². The Labute approximate surface area is 92.0 Å². The molecular formula is C10H4F3NO3. The van der Waals surface area contributed by atoms with E-state index >= 15 is 0 Å². The third-order valence-corrected chi connectivity index (χ3v) is 1.99. The molecule has 0 radical (unpaired) electrons. The van der Waals surface area contributed by atoms with E-state index in [-0.39, 0.29) is 10.6 Å². The molecule has 1 aromatic carbocycles. The lowest BCUT2D eigenvalue weighted by Crippen LogP contribution is -2.29. The molecule has 88 valence electrons. The van der Waals surface area contributed by atoms with Gasteiger partial charge in [0, 0.05) is 5.22 Å². The van der Waals surface area contributed by atoms with Crippen molar-refractivity contribution in [3.63, 3.8) is 0 Å². The molecule has 17 heavy (non-hydrogen) atoms. The van der Waals surface area contributed by atoms with E-state index in [4.69, 9.17) is 0 Å². The fourth-order valence-electron chi connectivity index (χ4n) is 1.29. The Morgan fingerprint density at radius 3 is 2.53 bits per heavy atom. The third-order valence-electron chi connectivity index (χ3n) is 1.99. The number of amides is 1. The van der Waals surface area contributed by atoms with Crippen molar-refractivity contribution in [2.24, 2.45) is 4.99 Å². The molecule has 0 saturated carbocycles. The second-order valence-electron chi connectivity index (χ2n) is 3.15. The van der Waals surface area contributed by atoms with Crippen LogP contribution in [0.3, 0.4) is 0 Å². The molecule has 0 N–H and O–H groups in total. The first-order chi connectivity index (χ1) is 7.89. The molecule has 1 aliphatic rings. The van der Waals surface area contributed by atoms with Gasteiger partial charge in [-0.3, -0.25) is 4.79 Å². The Kier molecular flexibility index (Phi) is 2.45. The van der Waals surface area contributed by atoms with Crippen LogP contribution in [0.25, 0.3) is 5.76 Å². The highest BCUT2D eigenvalue weighted by atomic mass is 19.4. The molecule has 1 aliphatic heterocycles. The van der Waals surface area contributed by atoms with E-state index < -0.39 is 23.8 Å². The number of halogens is 3. The first-order valence-electron chi connectivity index (χ1n) is 4.41. The van der Waals surface area contributed by atoms with Crippen molar-refractivity contribution in [1.29, 1.82) is 0 Å². The van der Waals surface area contributed by atoms with E-state index in [1.165, 1.54) is 18.2 Å². The van der Waals surface area contributed by atoms with Crippen LogP contribution in [-0.4, -0.2) is 18.1 Å². The van der Waals surface area contributed by atoms with Crippen molar-refractivity contribution in [2.75, 3.05) is 0 Å². The molecule has 4 nitrogen and oxygen atoms in total. The summed E-state index contributed by atoms with van der Waals surface area (Å²) in [4.78, 5) is 25.3. The molecule has 7 heteroatoms. The van der Waals surface area contributed by atoms with Crippen LogP contribution in [0.4, 0.5) is 13.2 Å². The lowest BCUT2D eigenvalue weighted by Gasteiger charge is -2.05. The number of esters is 1. The summed E-state index contributed by atoms with van der Waals surface area (Å²) in [6.45, 7) is 0. The highest BCUT2D eigenvalue weighted by molar-refractivity contribution is 6.14. The van der Waals surface area contributed by atoms with Gasteiger partial charge in [0.1, 0.15) is 0 Å². The van der Waals surface area contributed by atoms with Crippen molar-refractivity contribution in [1.82, 2.24) is 0 Å². The number of rotatable bonds is 1. The number of carbonyl (C=O) groups excluding carboxylic acids is 2. The van der Waals surface area contributed by atoms with Gasteiger partial charge in [-0.05, 0) is 12.1 Å². The number of alkyl halides is 3. The van der Waals surface area contributed by atoms with Crippen LogP contribution >= 0.6 is 0 Å². The summed E-state index contributed by atoms with van der Waals surface area (Å²) in [5.74, 6) is -4.13. The van der Waals surface area contributed by atoms with Crippen LogP contribution in [0.5, 0.6) is 0 Å². The fraction of sp³-hybridized carbons (Fsp3) is 0.100. The molecule has 0 atom stereocenters. The predicted octanol–water partition coefficient (Wildman–Crippen LogP) is 0.0601. The minimum absolute atomic E-state index is 0.0788. The SMILES string of the molecule is O=C1N=c2ccccc2=C1OC(=O)C(F)(F)F. The molecule has 0 spiro atoms. The summed E-state index contributed by atoms with van der Waals surface area (Å²) >= 11 is 0. The summed E-state index contributed by atoms with van der Waals surface area (Å²) in [5.41, 5.74) is 0. The van der Waals surface area contributed by atoms with E-state index in [0.29, 0.717) is 0 Å². The van der Waals surface area contributed by atoms with Crippen LogP contribution in [0.2, 0.25) is 0 Å². The Bertz CT molecular complexity index is 618. The van der Waals surface area contributed by atoms with Gasteiger partial charge in [0.2, 0.25) is 5.76 Å². The van der Waals surface area contributed by atoms with Gasteiger partial charge in [0.15, 0.2) is 0 Å². The minimum Gasteiger partial charge on any atom is -0.413 e. The van der Waals surface area contributed by atoms with Gasteiger partial charge in [-0.15, -0.1) is 0 Å². The van der Waals surface area contributed by atoms with Crippen molar-refractivity contribution in [2.45, 2.75) is 6.18 Å². The first kappa shape index (κ1) is 11.3. The molecule has 1 amide bonds. The lowest BCUT2D eigenvalue weighted by molar-refractivity contribution is -0.192. The topological polar surface area (TPSA) is 55.7 Å². The molecule has 0 aromatic heterocycles. The summed E-state index contributed by atoms with van der Waals surface area (Å²) in [6.07, 6.45) is -5.15. The molecule has 0 fully saturated rings. The Balaban J connectivity index is 2.46. The number of carbonyl (C=O) groups is 2. The average molecular weight is 243 g/mol. The minimum atomic E-state index is -5.15. The molecule has 1 heterocycles. The van der Waals surface area contributed by atoms with Gasteiger partial charge in [0.25, 0.3) is 0 Å². The van der Waals surface area contributed by atoms with Gasteiger partial charge in [-0.25, -0.2) is 9.79 Å². The molecule has 0 aliphatic carbocycles. The zero-order chi connectivity index (χ0) is 12.6. The fourth-order valence-corrected chi connectivity index (χ4v) is 1.29. The summed E-state index contributed by atoms with van der Waals surface area (Å²) in [6, 6.07) is 5.84. The first-order valence-corrected chi connectivity index (χ1v) is 4.41.